The van der Waals surface area contributed by atoms with Crippen LogP contribution < -0.4 is 10.1 Å². The van der Waals surface area contributed by atoms with Gasteiger partial charge in [0.15, 0.2) is 12.4 Å². The molecule has 1 N–H and O–H groups in total. The standard InChI is InChI=1S/C27H27NO5/c1-27(2,3)26(31)28-21-15-13-20(14-16-21)23(29)18-33-25(30)22-11-7-8-12-24(22)32-17-19-9-5-4-6-10-19/h4-16H,17-18H2,1-3H3,(H,28,31). The minimum atomic E-state index is -0.638. The molecule has 0 aliphatic rings. The summed E-state index contributed by atoms with van der Waals surface area (Å²) in [5.74, 6) is -0.720. The van der Waals surface area contributed by atoms with Gasteiger partial charge in [0.05, 0.1) is 0 Å². The number of nitrogens with one attached hydrogen (secondary N) is 1. The number of anilines is 1. The lowest BCUT2D eigenvalue weighted by Crippen LogP contribution is -2.27. The summed E-state index contributed by atoms with van der Waals surface area (Å²) in [6, 6.07) is 22.8. The molecule has 0 saturated carbocycles. The van der Waals surface area contributed by atoms with E-state index in [1.165, 1.54) is 0 Å². The number of ether oxygens (including phenoxy) is 2. The van der Waals surface area contributed by atoms with Crippen LogP contribution in [-0.4, -0.2) is 24.3 Å². The summed E-state index contributed by atoms with van der Waals surface area (Å²) in [4.78, 5) is 37.1. The summed E-state index contributed by atoms with van der Waals surface area (Å²) < 4.78 is 11.0. The van der Waals surface area contributed by atoms with Crippen molar-refractivity contribution in [2.45, 2.75) is 27.4 Å². The number of carbonyl (C=O) groups excluding carboxylic acids is 3. The van der Waals surface area contributed by atoms with E-state index in [0.29, 0.717) is 23.6 Å². The number of Topliss-reactive ketones (excluding diaryl/α,β-unsaturated/α-hetero) is 1. The number of amides is 1. The van der Waals surface area contributed by atoms with E-state index in [4.69, 9.17) is 9.47 Å². The first kappa shape index (κ1) is 23.7. The molecule has 6 nitrogen and oxygen atoms in total. The minimum absolute atomic E-state index is 0.122. The Morgan fingerprint density at radius 2 is 1.45 bits per heavy atom. The van der Waals surface area contributed by atoms with Crippen molar-refractivity contribution in [2.24, 2.45) is 5.41 Å². The molecule has 3 rings (SSSR count). The van der Waals surface area contributed by atoms with Gasteiger partial charge in [0.25, 0.3) is 0 Å². The molecular weight excluding hydrogens is 418 g/mol. The first-order valence-corrected chi connectivity index (χ1v) is 10.6. The fourth-order valence-electron chi connectivity index (χ4n) is 2.85. The van der Waals surface area contributed by atoms with Crippen molar-refractivity contribution in [3.05, 3.63) is 95.6 Å². The van der Waals surface area contributed by atoms with Gasteiger partial charge in [-0.3, -0.25) is 9.59 Å². The van der Waals surface area contributed by atoms with Crippen LogP contribution in [0.1, 0.15) is 47.1 Å². The molecule has 0 aliphatic carbocycles. The zero-order valence-corrected chi connectivity index (χ0v) is 19.0. The molecule has 0 aromatic heterocycles. The van der Waals surface area contributed by atoms with Crippen LogP contribution in [-0.2, 0) is 16.1 Å². The number of benzene rings is 3. The molecular formula is C27H27NO5. The van der Waals surface area contributed by atoms with Crippen LogP contribution in [0.2, 0.25) is 0 Å². The molecule has 1 amide bonds. The van der Waals surface area contributed by atoms with Gasteiger partial charge < -0.3 is 14.8 Å². The highest BCUT2D eigenvalue weighted by Gasteiger charge is 2.21. The quantitative estimate of drug-likeness (QED) is 0.376. The Labute approximate surface area is 193 Å². The van der Waals surface area contributed by atoms with Crippen LogP contribution in [0.4, 0.5) is 5.69 Å². The van der Waals surface area contributed by atoms with Crippen molar-refractivity contribution in [3.8, 4) is 5.75 Å². The largest absolute Gasteiger partial charge is 0.488 e. The highest BCUT2D eigenvalue weighted by atomic mass is 16.5. The summed E-state index contributed by atoms with van der Waals surface area (Å²) in [5, 5.41) is 2.80. The van der Waals surface area contributed by atoms with E-state index >= 15 is 0 Å². The molecule has 0 atom stereocenters. The Balaban J connectivity index is 1.57. The summed E-state index contributed by atoms with van der Waals surface area (Å²) >= 11 is 0. The fourth-order valence-corrected chi connectivity index (χ4v) is 2.85. The topological polar surface area (TPSA) is 81.7 Å². The van der Waals surface area contributed by atoms with E-state index in [9.17, 15) is 14.4 Å². The first-order valence-electron chi connectivity index (χ1n) is 10.6. The molecule has 0 saturated heterocycles. The van der Waals surface area contributed by atoms with Gasteiger partial charge in [0.1, 0.15) is 17.9 Å². The van der Waals surface area contributed by atoms with Gasteiger partial charge in [0, 0.05) is 16.7 Å². The number of hydrogen-bond donors (Lipinski definition) is 1. The van der Waals surface area contributed by atoms with E-state index in [2.05, 4.69) is 5.32 Å². The normalized spacial score (nSPS) is 10.9. The molecule has 6 heteroatoms. The molecule has 3 aromatic rings. The Bertz CT molecular complexity index is 1120. The maximum absolute atomic E-state index is 12.6. The molecule has 170 valence electrons. The summed E-state index contributed by atoms with van der Waals surface area (Å²) in [5.41, 5.74) is 1.67. The van der Waals surface area contributed by atoms with E-state index in [1.54, 1.807) is 48.5 Å². The third-order valence-electron chi connectivity index (χ3n) is 4.82. The van der Waals surface area contributed by atoms with Gasteiger partial charge in [-0.15, -0.1) is 0 Å². The van der Waals surface area contributed by atoms with Crippen molar-refractivity contribution in [2.75, 3.05) is 11.9 Å². The molecule has 33 heavy (non-hydrogen) atoms. The monoisotopic (exact) mass is 445 g/mol. The SMILES string of the molecule is CC(C)(C)C(=O)Nc1ccc(C(=O)COC(=O)c2ccccc2OCc2ccccc2)cc1. The highest BCUT2D eigenvalue weighted by Crippen LogP contribution is 2.21. The third kappa shape index (κ3) is 6.77. The van der Waals surface area contributed by atoms with Crippen LogP contribution in [0.3, 0.4) is 0 Å². The van der Waals surface area contributed by atoms with Gasteiger partial charge in [-0.2, -0.15) is 0 Å². The second-order valence-electron chi connectivity index (χ2n) is 8.55. The van der Waals surface area contributed by atoms with Crippen molar-refractivity contribution in [3.63, 3.8) is 0 Å². The average molecular weight is 446 g/mol. The summed E-state index contributed by atoms with van der Waals surface area (Å²) in [6.07, 6.45) is 0. The van der Waals surface area contributed by atoms with Gasteiger partial charge in [-0.05, 0) is 42.0 Å². The molecule has 0 heterocycles. The molecule has 0 spiro atoms. The van der Waals surface area contributed by atoms with Gasteiger partial charge >= 0.3 is 5.97 Å². The van der Waals surface area contributed by atoms with Crippen molar-refractivity contribution < 1.29 is 23.9 Å². The lowest BCUT2D eigenvalue weighted by Gasteiger charge is -2.17. The van der Waals surface area contributed by atoms with E-state index in [0.717, 1.165) is 5.56 Å². The van der Waals surface area contributed by atoms with Crippen LogP contribution >= 0.6 is 0 Å². The highest BCUT2D eigenvalue weighted by molar-refractivity contribution is 6.00. The zero-order chi connectivity index (χ0) is 23.8. The van der Waals surface area contributed by atoms with Crippen LogP contribution in [0, 0.1) is 5.41 Å². The van der Waals surface area contributed by atoms with Crippen LogP contribution in [0.25, 0.3) is 0 Å². The maximum atomic E-state index is 12.6. The first-order chi connectivity index (χ1) is 15.7. The third-order valence-corrected chi connectivity index (χ3v) is 4.82. The van der Waals surface area contributed by atoms with Crippen LogP contribution in [0.5, 0.6) is 5.75 Å². The molecule has 3 aromatic carbocycles. The Hall–Kier alpha value is -3.93. The van der Waals surface area contributed by atoms with E-state index < -0.39 is 18.0 Å². The van der Waals surface area contributed by atoms with Crippen molar-refractivity contribution >= 4 is 23.3 Å². The predicted octanol–water partition coefficient (Wildman–Crippen LogP) is 5.29. The zero-order valence-electron chi connectivity index (χ0n) is 19.0. The smallest absolute Gasteiger partial charge is 0.342 e. The lowest BCUT2D eigenvalue weighted by atomic mass is 9.95. The van der Waals surface area contributed by atoms with Gasteiger partial charge in [-0.1, -0.05) is 63.2 Å². The predicted molar refractivity (Wildman–Crippen MR) is 126 cm³/mol. The fraction of sp³-hybridized carbons (Fsp3) is 0.222. The van der Waals surface area contributed by atoms with E-state index in [-0.39, 0.29) is 17.3 Å². The number of rotatable bonds is 8. The number of esters is 1. The number of hydrogen-bond acceptors (Lipinski definition) is 5. The number of ketones is 1. The molecule has 0 bridgehead atoms. The van der Waals surface area contributed by atoms with Gasteiger partial charge in [0.2, 0.25) is 5.91 Å². The average Bonchev–Trinajstić information content (AvgIpc) is 2.81. The Morgan fingerprint density at radius 3 is 2.12 bits per heavy atom. The number of carbonyl (C=O) groups is 3. The van der Waals surface area contributed by atoms with Crippen LogP contribution in [0.15, 0.2) is 78.9 Å². The maximum Gasteiger partial charge on any atom is 0.342 e. The summed E-state index contributed by atoms with van der Waals surface area (Å²) in [7, 11) is 0. The Morgan fingerprint density at radius 1 is 0.818 bits per heavy atom. The van der Waals surface area contributed by atoms with Crippen molar-refractivity contribution in [1.82, 2.24) is 0 Å². The van der Waals surface area contributed by atoms with Gasteiger partial charge in [-0.25, -0.2) is 4.79 Å². The summed E-state index contributed by atoms with van der Waals surface area (Å²) in [6.45, 7) is 5.36. The minimum Gasteiger partial charge on any atom is -0.488 e. The Kier molecular flexibility index (Phi) is 7.61. The second-order valence-corrected chi connectivity index (χ2v) is 8.55. The van der Waals surface area contributed by atoms with Crippen molar-refractivity contribution in [1.29, 1.82) is 0 Å². The lowest BCUT2D eigenvalue weighted by molar-refractivity contribution is -0.123. The molecule has 0 unspecified atom stereocenters. The number of para-hydroxylation sites is 1. The molecule has 0 aliphatic heterocycles. The molecule has 0 fully saturated rings. The van der Waals surface area contributed by atoms with E-state index in [1.807, 2.05) is 51.1 Å². The molecule has 0 radical (unpaired) electrons. The second kappa shape index (κ2) is 10.6.